The minimum Gasteiger partial charge on any atom is -0.474 e. The van der Waals surface area contributed by atoms with Crippen LogP contribution in [0.15, 0.2) is 53.5 Å². The van der Waals surface area contributed by atoms with Crippen LogP contribution in [0.2, 0.25) is 0 Å². The molecule has 1 atom stereocenters. The third-order valence-corrected chi connectivity index (χ3v) is 5.71. The summed E-state index contributed by atoms with van der Waals surface area (Å²) in [6.45, 7) is 4.75. The Bertz CT molecular complexity index is 1190. The number of carbonyl (C=O) groups excluding carboxylic acids is 2. The summed E-state index contributed by atoms with van der Waals surface area (Å²) in [6.07, 6.45) is 3.01. The smallest absolute Gasteiger partial charge is 0.280 e. The van der Waals surface area contributed by atoms with Crippen LogP contribution in [0.4, 0.5) is 0 Å². The normalized spacial score (nSPS) is 15.4. The van der Waals surface area contributed by atoms with Crippen molar-refractivity contribution in [1.82, 2.24) is 25.2 Å². The van der Waals surface area contributed by atoms with E-state index in [4.69, 9.17) is 4.74 Å². The molecular formula is C24H27N5O4. The molecule has 172 valence electrons. The van der Waals surface area contributed by atoms with E-state index in [9.17, 15) is 14.4 Å². The highest BCUT2D eigenvalue weighted by molar-refractivity contribution is 5.97. The molecule has 1 saturated heterocycles. The van der Waals surface area contributed by atoms with Gasteiger partial charge in [-0.1, -0.05) is 32.0 Å². The Kier molecular flexibility index (Phi) is 6.67. The van der Waals surface area contributed by atoms with Gasteiger partial charge in [-0.2, -0.15) is 0 Å². The fourth-order valence-corrected chi connectivity index (χ4v) is 3.88. The van der Waals surface area contributed by atoms with E-state index in [2.05, 4.69) is 20.3 Å². The number of piperidine rings is 1. The van der Waals surface area contributed by atoms with Crippen molar-refractivity contribution in [2.45, 2.75) is 38.8 Å². The summed E-state index contributed by atoms with van der Waals surface area (Å²) in [4.78, 5) is 51.3. The Morgan fingerprint density at radius 1 is 1.12 bits per heavy atom. The van der Waals surface area contributed by atoms with Crippen molar-refractivity contribution in [2.24, 2.45) is 5.92 Å². The first-order chi connectivity index (χ1) is 15.9. The van der Waals surface area contributed by atoms with Gasteiger partial charge in [-0.3, -0.25) is 14.4 Å². The van der Waals surface area contributed by atoms with Crippen LogP contribution in [0.3, 0.4) is 0 Å². The maximum Gasteiger partial charge on any atom is 0.280 e. The van der Waals surface area contributed by atoms with Crippen LogP contribution in [0.5, 0.6) is 5.88 Å². The number of rotatable bonds is 6. The Morgan fingerprint density at radius 3 is 2.55 bits per heavy atom. The lowest BCUT2D eigenvalue weighted by Crippen LogP contribution is -2.54. The van der Waals surface area contributed by atoms with E-state index in [1.807, 2.05) is 32.0 Å². The molecule has 1 aliphatic heterocycles. The molecule has 1 fully saturated rings. The van der Waals surface area contributed by atoms with E-state index in [1.165, 1.54) is 0 Å². The first-order valence-corrected chi connectivity index (χ1v) is 11.1. The number of carbonyl (C=O) groups is 2. The van der Waals surface area contributed by atoms with Crippen LogP contribution < -0.4 is 15.6 Å². The molecule has 3 aromatic rings. The molecule has 9 nitrogen and oxygen atoms in total. The van der Waals surface area contributed by atoms with Gasteiger partial charge in [0.2, 0.25) is 11.8 Å². The maximum atomic E-state index is 13.2. The number of aromatic nitrogens is 3. The summed E-state index contributed by atoms with van der Waals surface area (Å²) in [7, 11) is 0. The fourth-order valence-electron chi connectivity index (χ4n) is 3.88. The zero-order valence-electron chi connectivity index (χ0n) is 18.7. The van der Waals surface area contributed by atoms with E-state index < -0.39 is 17.5 Å². The summed E-state index contributed by atoms with van der Waals surface area (Å²) in [5, 5.41) is 2.73. The Morgan fingerprint density at radius 2 is 1.85 bits per heavy atom. The van der Waals surface area contributed by atoms with Crippen molar-refractivity contribution in [3.8, 4) is 5.88 Å². The largest absolute Gasteiger partial charge is 0.474 e. The van der Waals surface area contributed by atoms with E-state index in [-0.39, 0.29) is 23.6 Å². The van der Waals surface area contributed by atoms with Gasteiger partial charge >= 0.3 is 0 Å². The summed E-state index contributed by atoms with van der Waals surface area (Å²) < 4.78 is 5.90. The summed E-state index contributed by atoms with van der Waals surface area (Å²) in [6, 6.07) is 11.7. The number of nitrogens with zero attached hydrogens (tertiary/aromatic N) is 3. The zero-order valence-corrected chi connectivity index (χ0v) is 18.7. The molecule has 0 spiro atoms. The van der Waals surface area contributed by atoms with E-state index in [0.717, 1.165) is 0 Å². The van der Waals surface area contributed by atoms with Crippen LogP contribution >= 0.6 is 0 Å². The molecule has 0 aliphatic carbocycles. The van der Waals surface area contributed by atoms with Crippen molar-refractivity contribution in [2.75, 3.05) is 13.1 Å². The van der Waals surface area contributed by atoms with Crippen molar-refractivity contribution in [1.29, 1.82) is 0 Å². The van der Waals surface area contributed by atoms with Gasteiger partial charge < -0.3 is 19.9 Å². The molecule has 2 aromatic heterocycles. The first kappa shape index (κ1) is 22.4. The number of H-pyrrole nitrogens is 1. The summed E-state index contributed by atoms with van der Waals surface area (Å²) in [5.74, 6) is -0.430. The molecule has 33 heavy (non-hydrogen) atoms. The van der Waals surface area contributed by atoms with Crippen molar-refractivity contribution < 1.29 is 14.3 Å². The van der Waals surface area contributed by atoms with Crippen molar-refractivity contribution in [3.63, 3.8) is 0 Å². The first-order valence-electron chi connectivity index (χ1n) is 11.1. The van der Waals surface area contributed by atoms with E-state index in [0.29, 0.717) is 42.8 Å². The monoisotopic (exact) mass is 449 g/mol. The lowest BCUT2D eigenvalue weighted by molar-refractivity contribution is -0.136. The molecule has 0 saturated carbocycles. The minimum absolute atomic E-state index is 0.0172. The maximum absolute atomic E-state index is 13.2. The number of amides is 2. The van der Waals surface area contributed by atoms with Crippen LogP contribution in [-0.4, -0.2) is 56.9 Å². The van der Waals surface area contributed by atoms with Gasteiger partial charge in [0.15, 0.2) is 5.69 Å². The van der Waals surface area contributed by atoms with Gasteiger partial charge in [0, 0.05) is 38.2 Å². The van der Waals surface area contributed by atoms with Gasteiger partial charge in [0.05, 0.1) is 11.0 Å². The van der Waals surface area contributed by atoms with Crippen molar-refractivity contribution >= 4 is 22.8 Å². The number of para-hydroxylation sites is 2. The molecule has 9 heteroatoms. The van der Waals surface area contributed by atoms with Crippen LogP contribution in [0.1, 0.15) is 37.2 Å². The highest BCUT2D eigenvalue weighted by atomic mass is 16.5. The van der Waals surface area contributed by atoms with Gasteiger partial charge in [0.25, 0.3) is 11.5 Å². The highest BCUT2D eigenvalue weighted by Gasteiger charge is 2.32. The summed E-state index contributed by atoms with van der Waals surface area (Å²) in [5.41, 5.74) is 0.208. The molecule has 3 heterocycles. The molecule has 2 amide bonds. The van der Waals surface area contributed by atoms with Gasteiger partial charge in [-0.05, 0) is 24.1 Å². The number of likely N-dealkylation sites (tertiary alicyclic amines) is 1. The van der Waals surface area contributed by atoms with E-state index >= 15 is 0 Å². The second-order valence-electron chi connectivity index (χ2n) is 8.44. The lowest BCUT2D eigenvalue weighted by Gasteiger charge is -2.35. The number of pyridine rings is 1. The van der Waals surface area contributed by atoms with Gasteiger partial charge in [-0.15, -0.1) is 0 Å². The van der Waals surface area contributed by atoms with Gasteiger partial charge in [0.1, 0.15) is 12.1 Å². The fraction of sp³-hybridized carbons (Fsp3) is 0.375. The average molecular weight is 450 g/mol. The second kappa shape index (κ2) is 9.81. The van der Waals surface area contributed by atoms with Crippen LogP contribution in [-0.2, 0) is 4.79 Å². The number of aromatic amines is 1. The number of hydrogen-bond donors (Lipinski definition) is 2. The predicted molar refractivity (Wildman–Crippen MR) is 123 cm³/mol. The molecule has 2 N–H and O–H groups in total. The molecular weight excluding hydrogens is 422 g/mol. The number of nitrogens with one attached hydrogen (secondary N) is 2. The summed E-state index contributed by atoms with van der Waals surface area (Å²) >= 11 is 0. The molecule has 4 rings (SSSR count). The predicted octanol–water partition coefficient (Wildman–Crippen LogP) is 2.14. The average Bonchev–Trinajstić information content (AvgIpc) is 2.82. The quantitative estimate of drug-likeness (QED) is 0.595. The Labute approximate surface area is 191 Å². The molecule has 0 bridgehead atoms. The zero-order chi connectivity index (χ0) is 23.4. The number of ether oxygens (including phenoxy) is 1. The SMILES string of the molecule is CC(C)[C@H](NC(=O)c1nc2ccccc2[nH]c1=O)C(=O)N1CCC(Oc2ccccn2)CC1. The molecule has 0 unspecified atom stereocenters. The molecule has 1 aliphatic rings. The number of hydrogen-bond acceptors (Lipinski definition) is 6. The Hall–Kier alpha value is -3.75. The van der Waals surface area contributed by atoms with Crippen LogP contribution in [0, 0.1) is 5.92 Å². The number of fused-ring (bicyclic) bond motifs is 1. The van der Waals surface area contributed by atoms with Crippen LogP contribution in [0.25, 0.3) is 11.0 Å². The standard InChI is InChI=1S/C24H27N5O4/c1-15(2)20(28-23(31)21-22(30)27-18-8-4-3-7-17(18)26-21)24(32)29-13-10-16(11-14-29)33-19-9-5-6-12-25-19/h3-9,12,15-16,20H,10-11,13-14H2,1-2H3,(H,27,30)(H,28,31)/t20-/m0/s1. The second-order valence-corrected chi connectivity index (χ2v) is 8.44. The van der Waals surface area contributed by atoms with Gasteiger partial charge in [-0.25, -0.2) is 9.97 Å². The topological polar surface area (TPSA) is 117 Å². The third kappa shape index (κ3) is 5.19. The van der Waals surface area contributed by atoms with E-state index in [1.54, 1.807) is 35.4 Å². The van der Waals surface area contributed by atoms with Crippen molar-refractivity contribution in [3.05, 3.63) is 64.7 Å². The molecule has 1 aromatic carbocycles. The number of benzene rings is 1. The Balaban J connectivity index is 1.41. The minimum atomic E-state index is -0.765. The lowest BCUT2D eigenvalue weighted by atomic mass is 10.00. The third-order valence-electron chi connectivity index (χ3n) is 5.71. The molecule has 0 radical (unpaired) electrons. The highest BCUT2D eigenvalue weighted by Crippen LogP contribution is 2.19.